The number of nitrogens with zero attached hydrogens (tertiary/aromatic N) is 3. The van der Waals surface area contributed by atoms with Crippen molar-refractivity contribution in [3.63, 3.8) is 0 Å². The molecular formula is C15H27IN6. The van der Waals surface area contributed by atoms with Crippen LogP contribution in [0.15, 0.2) is 11.2 Å². The normalized spacial score (nSPS) is 22.5. The number of rotatable bonds is 5. The number of aliphatic imine (C=N–C) groups is 1. The van der Waals surface area contributed by atoms with Crippen LogP contribution in [0, 0.1) is 6.92 Å². The number of aromatic nitrogens is 2. The molecule has 3 N–H and O–H groups in total. The molecule has 124 valence electrons. The van der Waals surface area contributed by atoms with Gasteiger partial charge >= 0.3 is 0 Å². The Morgan fingerprint density at radius 1 is 1.45 bits per heavy atom. The van der Waals surface area contributed by atoms with Gasteiger partial charge in [-0.25, -0.2) is 4.99 Å². The summed E-state index contributed by atoms with van der Waals surface area (Å²) in [5.74, 6) is 0.917. The number of H-pyrrole nitrogens is 1. The van der Waals surface area contributed by atoms with Crippen molar-refractivity contribution < 1.29 is 0 Å². The quantitative estimate of drug-likeness (QED) is 0.386. The van der Waals surface area contributed by atoms with Gasteiger partial charge in [0.25, 0.3) is 0 Å². The topological polar surface area (TPSA) is 68.3 Å². The zero-order chi connectivity index (χ0) is 14.7. The summed E-state index contributed by atoms with van der Waals surface area (Å²) in [4.78, 5) is 7.29. The molecule has 2 fully saturated rings. The Morgan fingerprint density at radius 3 is 2.91 bits per heavy atom. The van der Waals surface area contributed by atoms with Gasteiger partial charge < -0.3 is 10.6 Å². The van der Waals surface area contributed by atoms with E-state index in [0.717, 1.165) is 36.3 Å². The lowest BCUT2D eigenvalue weighted by Crippen LogP contribution is -2.44. The summed E-state index contributed by atoms with van der Waals surface area (Å²) in [5, 5.41) is 13.9. The van der Waals surface area contributed by atoms with Gasteiger partial charge in [0, 0.05) is 43.0 Å². The summed E-state index contributed by atoms with van der Waals surface area (Å²) in [6, 6.07) is 1.39. The van der Waals surface area contributed by atoms with Gasteiger partial charge in [0.05, 0.1) is 12.7 Å². The van der Waals surface area contributed by atoms with Gasteiger partial charge in [-0.3, -0.25) is 10.00 Å². The molecule has 1 aromatic rings. The number of aryl methyl sites for hydroxylation is 1. The number of hydrogen-bond acceptors (Lipinski definition) is 3. The average Bonchev–Trinajstić information content (AvgIpc) is 3.09. The maximum atomic E-state index is 4.68. The van der Waals surface area contributed by atoms with Crippen LogP contribution >= 0.6 is 24.0 Å². The van der Waals surface area contributed by atoms with Crippen molar-refractivity contribution in [2.45, 2.75) is 51.7 Å². The van der Waals surface area contributed by atoms with Crippen molar-refractivity contribution in [1.29, 1.82) is 0 Å². The summed E-state index contributed by atoms with van der Waals surface area (Å²) in [5.41, 5.74) is 2.24. The number of hydrogen-bond donors (Lipinski definition) is 3. The summed E-state index contributed by atoms with van der Waals surface area (Å²) >= 11 is 0. The van der Waals surface area contributed by atoms with Crippen molar-refractivity contribution >= 4 is 29.9 Å². The number of guanidine groups is 1. The zero-order valence-corrected chi connectivity index (χ0v) is 15.8. The third kappa shape index (κ3) is 4.58. The lowest BCUT2D eigenvalue weighted by atomic mass is 10.2. The monoisotopic (exact) mass is 418 g/mol. The van der Waals surface area contributed by atoms with E-state index in [0.29, 0.717) is 12.6 Å². The van der Waals surface area contributed by atoms with Crippen LogP contribution in [0.3, 0.4) is 0 Å². The molecule has 2 aliphatic rings. The molecule has 1 aliphatic carbocycles. The van der Waals surface area contributed by atoms with E-state index < -0.39 is 0 Å². The Kier molecular flexibility index (Phi) is 6.49. The van der Waals surface area contributed by atoms with Crippen LogP contribution in [0.5, 0.6) is 0 Å². The third-order valence-electron chi connectivity index (χ3n) is 4.31. The first-order chi connectivity index (χ1) is 10.3. The summed E-state index contributed by atoms with van der Waals surface area (Å²) < 4.78 is 0. The Labute approximate surface area is 149 Å². The first-order valence-electron chi connectivity index (χ1n) is 8.04. The summed E-state index contributed by atoms with van der Waals surface area (Å²) in [7, 11) is 0. The van der Waals surface area contributed by atoms with Crippen LogP contribution in [0.4, 0.5) is 0 Å². The van der Waals surface area contributed by atoms with Gasteiger partial charge in [0.2, 0.25) is 0 Å². The molecule has 0 spiro atoms. The SMILES string of the molecule is CCNC(=NCc1cn[nH]c1C)NC1CCN(C2CC2)C1.I. The molecular weight excluding hydrogens is 391 g/mol. The lowest BCUT2D eigenvalue weighted by molar-refractivity contribution is 0.321. The molecule has 22 heavy (non-hydrogen) atoms. The molecule has 1 aliphatic heterocycles. The molecule has 6 nitrogen and oxygen atoms in total. The molecule has 1 saturated heterocycles. The highest BCUT2D eigenvalue weighted by Gasteiger charge is 2.34. The maximum absolute atomic E-state index is 4.68. The Balaban J connectivity index is 0.00000176. The second kappa shape index (κ2) is 8.14. The van der Waals surface area contributed by atoms with E-state index in [4.69, 9.17) is 0 Å². The van der Waals surface area contributed by atoms with Gasteiger partial charge in [-0.15, -0.1) is 24.0 Å². The number of aromatic amines is 1. The van der Waals surface area contributed by atoms with E-state index in [1.807, 2.05) is 13.1 Å². The van der Waals surface area contributed by atoms with Crippen LogP contribution in [0.2, 0.25) is 0 Å². The molecule has 0 radical (unpaired) electrons. The largest absolute Gasteiger partial charge is 0.357 e. The molecule has 2 heterocycles. The van der Waals surface area contributed by atoms with E-state index >= 15 is 0 Å². The van der Waals surface area contributed by atoms with Gasteiger partial charge in [-0.2, -0.15) is 5.10 Å². The highest BCUT2D eigenvalue weighted by atomic mass is 127. The van der Waals surface area contributed by atoms with E-state index in [9.17, 15) is 0 Å². The maximum Gasteiger partial charge on any atom is 0.191 e. The molecule has 3 rings (SSSR count). The number of likely N-dealkylation sites (tertiary alicyclic amines) is 1. The van der Waals surface area contributed by atoms with Gasteiger partial charge in [-0.1, -0.05) is 0 Å². The standard InChI is InChI=1S/C15H26N6.HI/c1-3-16-15(17-8-12-9-18-20-11(12)2)19-13-6-7-21(10-13)14-4-5-14;/h9,13-14H,3-8,10H2,1-2H3,(H,18,20)(H2,16,17,19);1H. The minimum absolute atomic E-state index is 0. The van der Waals surface area contributed by atoms with Crippen LogP contribution in [-0.2, 0) is 6.54 Å². The molecule has 1 aromatic heterocycles. The molecule has 1 saturated carbocycles. The van der Waals surface area contributed by atoms with Crippen molar-refractivity contribution in [3.05, 3.63) is 17.5 Å². The van der Waals surface area contributed by atoms with Crippen molar-refractivity contribution in [2.24, 2.45) is 4.99 Å². The van der Waals surface area contributed by atoms with Crippen molar-refractivity contribution in [2.75, 3.05) is 19.6 Å². The highest BCUT2D eigenvalue weighted by molar-refractivity contribution is 14.0. The second-order valence-electron chi connectivity index (χ2n) is 6.07. The first kappa shape index (κ1) is 17.5. The molecule has 7 heteroatoms. The fourth-order valence-corrected chi connectivity index (χ4v) is 2.89. The number of nitrogens with one attached hydrogen (secondary N) is 3. The first-order valence-corrected chi connectivity index (χ1v) is 8.04. The van der Waals surface area contributed by atoms with Crippen molar-refractivity contribution in [3.8, 4) is 0 Å². The van der Waals surface area contributed by atoms with E-state index in [1.165, 1.54) is 25.8 Å². The van der Waals surface area contributed by atoms with E-state index in [2.05, 4.69) is 37.6 Å². The Morgan fingerprint density at radius 2 is 2.27 bits per heavy atom. The molecule has 0 aromatic carbocycles. The number of halogens is 1. The fourth-order valence-electron chi connectivity index (χ4n) is 2.89. The summed E-state index contributed by atoms with van der Waals surface area (Å²) in [6.45, 7) is 8.06. The van der Waals surface area contributed by atoms with Gasteiger partial charge in [0.1, 0.15) is 0 Å². The Hall–Kier alpha value is -0.830. The fraction of sp³-hybridized carbons (Fsp3) is 0.733. The second-order valence-corrected chi connectivity index (χ2v) is 6.07. The minimum Gasteiger partial charge on any atom is -0.357 e. The van der Waals surface area contributed by atoms with E-state index in [-0.39, 0.29) is 24.0 Å². The smallest absolute Gasteiger partial charge is 0.191 e. The summed E-state index contributed by atoms with van der Waals surface area (Å²) in [6.07, 6.45) is 5.85. The molecule has 1 unspecified atom stereocenters. The van der Waals surface area contributed by atoms with Crippen LogP contribution in [0.1, 0.15) is 37.4 Å². The minimum atomic E-state index is 0. The van der Waals surface area contributed by atoms with E-state index in [1.54, 1.807) is 0 Å². The van der Waals surface area contributed by atoms with Crippen molar-refractivity contribution in [1.82, 2.24) is 25.7 Å². The predicted octanol–water partition coefficient (Wildman–Crippen LogP) is 1.63. The van der Waals surface area contributed by atoms with Crippen LogP contribution < -0.4 is 10.6 Å². The lowest BCUT2D eigenvalue weighted by Gasteiger charge is -2.18. The predicted molar refractivity (Wildman–Crippen MR) is 99.7 cm³/mol. The van der Waals surface area contributed by atoms with Gasteiger partial charge in [-0.05, 0) is 33.1 Å². The molecule has 0 amide bonds. The molecule has 1 atom stereocenters. The van der Waals surface area contributed by atoms with Crippen LogP contribution in [0.25, 0.3) is 0 Å². The zero-order valence-electron chi connectivity index (χ0n) is 13.4. The highest BCUT2D eigenvalue weighted by Crippen LogP contribution is 2.29. The van der Waals surface area contributed by atoms with Gasteiger partial charge in [0.15, 0.2) is 5.96 Å². The van der Waals surface area contributed by atoms with Crippen LogP contribution in [-0.4, -0.2) is 52.8 Å². The molecule has 0 bridgehead atoms. The average molecular weight is 418 g/mol. The Bertz CT molecular complexity index is 496. The third-order valence-corrected chi connectivity index (χ3v) is 4.31.